The van der Waals surface area contributed by atoms with Gasteiger partial charge in [0.05, 0.1) is 25.5 Å². The van der Waals surface area contributed by atoms with Gasteiger partial charge < -0.3 is 40.4 Å². The molecule has 0 amide bonds. The molecule has 3 rings (SSSR count). The predicted molar refractivity (Wildman–Crippen MR) is 133 cm³/mol. The van der Waals surface area contributed by atoms with Crippen LogP contribution in [0.1, 0.15) is 33.4 Å². The van der Waals surface area contributed by atoms with Gasteiger partial charge in [-0.1, -0.05) is 0 Å². The van der Waals surface area contributed by atoms with Crippen LogP contribution in [0.5, 0.6) is 0 Å². The molecule has 2 aromatic rings. The first-order chi connectivity index (χ1) is 18.9. The van der Waals surface area contributed by atoms with Gasteiger partial charge in [-0.2, -0.15) is 10.4 Å². The molecule has 0 unspecified atom stereocenters. The third kappa shape index (κ3) is 7.21. The molecule has 18 nitrogen and oxygen atoms in total. The summed E-state index contributed by atoms with van der Waals surface area (Å²) in [6.07, 6.45) is -7.25. The summed E-state index contributed by atoms with van der Waals surface area (Å²) < 4.78 is 45.7. The van der Waals surface area contributed by atoms with Crippen LogP contribution in [-0.2, 0) is 37.9 Å². The second-order valence-electron chi connectivity index (χ2n) is 10.1. The molecule has 1 fully saturated rings. The molecule has 3 heterocycles. The minimum absolute atomic E-state index is 0.00831. The maximum atomic E-state index is 13.5. The largest absolute Gasteiger partial charge is 0.506 e. The number of anilines is 1. The van der Waals surface area contributed by atoms with Crippen molar-refractivity contribution in [3.63, 3.8) is 0 Å². The number of hydrogen-bond acceptors (Lipinski definition) is 15. The van der Waals surface area contributed by atoms with E-state index in [9.17, 15) is 29.6 Å². The Morgan fingerprint density at radius 1 is 1.12 bits per heavy atom. The number of rotatable bonds is 12. The van der Waals surface area contributed by atoms with Gasteiger partial charge in [-0.05, 0) is 39.8 Å². The van der Waals surface area contributed by atoms with Crippen molar-refractivity contribution in [2.75, 3.05) is 25.6 Å². The highest BCUT2D eigenvalue weighted by atomic mass is 31.2. The molecule has 0 bridgehead atoms. The number of nitrogens with two attached hydrogens (primary N) is 1. The van der Waals surface area contributed by atoms with Crippen LogP contribution in [0, 0.1) is 11.3 Å². The van der Waals surface area contributed by atoms with Crippen molar-refractivity contribution in [1.82, 2.24) is 14.6 Å². The third-order valence-corrected chi connectivity index (χ3v) is 7.11. The predicted octanol–water partition coefficient (Wildman–Crippen LogP) is 1.26. The number of ether oxygens (including phenoxy) is 3. The van der Waals surface area contributed by atoms with Gasteiger partial charge in [0.1, 0.15) is 47.4 Å². The molecule has 226 valence electrons. The first kappa shape index (κ1) is 32.0. The van der Waals surface area contributed by atoms with E-state index in [-0.39, 0.29) is 11.5 Å². The number of phosphoric acid groups is 1. The Labute approximate surface area is 232 Å². The Hall–Kier alpha value is -3.56. The fraction of sp³-hybridized carbons (Fsp3) is 0.591. The number of carboxylic acid groups (broad SMARTS) is 2. The van der Waals surface area contributed by atoms with Gasteiger partial charge in [0.2, 0.25) is 5.60 Å². The fourth-order valence-electron chi connectivity index (χ4n) is 3.83. The molecule has 0 aliphatic carbocycles. The summed E-state index contributed by atoms with van der Waals surface area (Å²) in [5.41, 5.74) is 0.903. The van der Waals surface area contributed by atoms with E-state index in [0.29, 0.717) is 5.52 Å². The first-order valence-electron chi connectivity index (χ1n) is 11.9. The molecular formula is C22H30N5O13P. The summed E-state index contributed by atoms with van der Waals surface area (Å²) in [6, 6.07) is 4.72. The monoisotopic (exact) mass is 603 g/mol. The molecule has 1 aliphatic rings. The number of nitrogen functional groups attached to an aromatic ring is 1. The van der Waals surface area contributed by atoms with Gasteiger partial charge in [0.25, 0.3) is 0 Å². The van der Waals surface area contributed by atoms with Gasteiger partial charge in [0.15, 0.2) is 5.82 Å². The lowest BCUT2D eigenvalue weighted by Gasteiger charge is -2.29. The van der Waals surface area contributed by atoms with Gasteiger partial charge >= 0.3 is 20.1 Å². The average molecular weight is 603 g/mol. The van der Waals surface area contributed by atoms with Crippen molar-refractivity contribution in [2.45, 2.75) is 62.8 Å². The number of aliphatic hydroxyl groups excluding tert-OH is 2. The second-order valence-corrected chi connectivity index (χ2v) is 11.8. The van der Waals surface area contributed by atoms with E-state index in [4.69, 9.17) is 34.3 Å². The van der Waals surface area contributed by atoms with Crippen molar-refractivity contribution in [1.29, 1.82) is 5.26 Å². The highest BCUT2D eigenvalue weighted by Gasteiger charge is 2.58. The number of aliphatic hydroxyl groups is 2. The molecular weight excluding hydrogens is 573 g/mol. The number of hydrogen-bond donors (Lipinski definition) is 5. The van der Waals surface area contributed by atoms with Crippen LogP contribution in [0.15, 0.2) is 18.5 Å². The molecule has 4 atom stereocenters. The topological polar surface area (TPSA) is 268 Å². The van der Waals surface area contributed by atoms with Crippen LogP contribution in [0.4, 0.5) is 15.4 Å². The third-order valence-electron chi connectivity index (χ3n) is 5.75. The Morgan fingerprint density at radius 3 is 2.20 bits per heavy atom. The lowest BCUT2D eigenvalue weighted by atomic mass is 9.92. The van der Waals surface area contributed by atoms with Crippen LogP contribution in [0.2, 0.25) is 0 Å². The smallest absolute Gasteiger partial charge is 0.450 e. The molecule has 41 heavy (non-hydrogen) atoms. The number of fused-ring (bicyclic) bond motifs is 1. The average Bonchev–Trinajstić information content (AvgIpc) is 3.40. The highest BCUT2D eigenvalue weighted by molar-refractivity contribution is 7.48. The summed E-state index contributed by atoms with van der Waals surface area (Å²) >= 11 is 0. The zero-order valence-corrected chi connectivity index (χ0v) is 23.3. The Bertz CT molecular complexity index is 1340. The molecule has 0 radical (unpaired) electrons. The number of carbonyl (C=O) groups is 2. The van der Waals surface area contributed by atoms with E-state index in [1.165, 1.54) is 44.3 Å². The minimum Gasteiger partial charge on any atom is -0.450 e. The van der Waals surface area contributed by atoms with Crippen LogP contribution >= 0.6 is 7.82 Å². The van der Waals surface area contributed by atoms with Gasteiger partial charge in [-0.15, -0.1) is 0 Å². The Morgan fingerprint density at radius 2 is 1.68 bits per heavy atom. The molecule has 6 N–H and O–H groups in total. The zero-order valence-electron chi connectivity index (χ0n) is 22.4. The van der Waals surface area contributed by atoms with E-state index in [2.05, 4.69) is 19.6 Å². The molecule has 1 aliphatic heterocycles. The Kier molecular flexibility index (Phi) is 9.15. The summed E-state index contributed by atoms with van der Waals surface area (Å²) in [5.74, 6) is 0.0760. The molecule has 0 spiro atoms. The quantitative estimate of drug-likeness (QED) is 0.169. The van der Waals surface area contributed by atoms with Crippen LogP contribution in [0.25, 0.3) is 5.52 Å². The summed E-state index contributed by atoms with van der Waals surface area (Å²) in [7, 11) is -4.70. The lowest BCUT2D eigenvalue weighted by Crippen LogP contribution is -2.41. The molecule has 0 aromatic carbocycles. The summed E-state index contributed by atoms with van der Waals surface area (Å²) in [5, 5.41) is 53.5. The fourth-order valence-corrected chi connectivity index (χ4v) is 5.32. The number of aromatic nitrogens is 3. The zero-order chi connectivity index (χ0) is 30.8. The summed E-state index contributed by atoms with van der Waals surface area (Å²) in [4.78, 5) is 25.8. The number of phosphoric ester groups is 1. The molecule has 19 heteroatoms. The van der Waals surface area contributed by atoms with Crippen molar-refractivity contribution < 1.29 is 62.4 Å². The van der Waals surface area contributed by atoms with E-state index in [1.54, 1.807) is 0 Å². The maximum absolute atomic E-state index is 13.5. The number of nitriles is 1. The molecule has 0 saturated carbocycles. The van der Waals surface area contributed by atoms with Gasteiger partial charge in [-0.3, -0.25) is 13.6 Å². The van der Waals surface area contributed by atoms with Crippen LogP contribution in [-0.4, -0.2) is 96.7 Å². The normalized spacial score (nSPS) is 23.3. The van der Waals surface area contributed by atoms with Gasteiger partial charge in [-0.25, -0.2) is 23.7 Å². The van der Waals surface area contributed by atoms with E-state index < -0.39 is 75.1 Å². The van der Waals surface area contributed by atoms with Crippen molar-refractivity contribution in [3.8, 4) is 6.07 Å². The molecule has 2 aromatic heterocycles. The molecule has 1 saturated heterocycles. The van der Waals surface area contributed by atoms with Crippen molar-refractivity contribution in [3.05, 3.63) is 24.2 Å². The SMILES string of the molecule is CC(C)(COP(=O)(OC[C@H]1O[C@@](C#N)(c2ccc3c(N)ncnn23)[C@H](O)[C@@H]1O)OCC(C)(C)OC(=O)O)OC(=O)O. The standard InChI is InChI=1S/C22H30N5O13P/c1-20(2,39-18(30)31)9-36-41(34,37-10-21(3,4)40-19(32)33)35-7-13-15(28)16(29)22(8-23,38-13)14-6-5-12-17(24)25-11-26-27(12)14/h5-6,11,13,15-16,28-29H,7,9-10H2,1-4H3,(H,30,31)(H,32,33)(H2,24,25,26)/t13-,15-,16-,22+/m1/s1. The minimum atomic E-state index is -4.70. The number of nitrogens with zero attached hydrogens (tertiary/aromatic N) is 4. The van der Waals surface area contributed by atoms with Crippen LogP contribution in [0.3, 0.4) is 0 Å². The highest BCUT2D eigenvalue weighted by Crippen LogP contribution is 2.52. The first-order valence-corrected chi connectivity index (χ1v) is 13.3. The summed E-state index contributed by atoms with van der Waals surface area (Å²) in [6.45, 7) is 3.16. The van der Waals surface area contributed by atoms with Gasteiger partial charge in [0, 0.05) is 0 Å². The maximum Gasteiger partial charge on any atom is 0.506 e. The second kappa shape index (κ2) is 11.7. The van der Waals surface area contributed by atoms with E-state index in [0.717, 1.165) is 6.33 Å². The van der Waals surface area contributed by atoms with Crippen molar-refractivity contribution in [2.24, 2.45) is 0 Å². The van der Waals surface area contributed by atoms with Crippen LogP contribution < -0.4 is 5.73 Å². The Balaban J connectivity index is 1.83. The van der Waals surface area contributed by atoms with E-state index in [1.807, 2.05) is 6.07 Å². The lowest BCUT2D eigenvalue weighted by molar-refractivity contribution is -0.0733. The van der Waals surface area contributed by atoms with Crippen molar-refractivity contribution >= 4 is 31.5 Å². The van der Waals surface area contributed by atoms with E-state index >= 15 is 0 Å².